The Kier molecular flexibility index (Phi) is 6.40. The van der Waals surface area contributed by atoms with E-state index >= 15 is 0 Å². The number of ether oxygens (including phenoxy) is 3. The fourth-order valence-corrected chi connectivity index (χ4v) is 2.96. The summed E-state index contributed by atoms with van der Waals surface area (Å²) in [6, 6.07) is 1.87. The Morgan fingerprint density at radius 3 is 2.78 bits per heavy atom. The van der Waals surface area contributed by atoms with E-state index < -0.39 is 11.9 Å². The van der Waals surface area contributed by atoms with Crippen molar-refractivity contribution in [1.29, 1.82) is 0 Å². The highest BCUT2D eigenvalue weighted by Crippen LogP contribution is 2.34. The van der Waals surface area contributed by atoms with Gasteiger partial charge in [-0.2, -0.15) is 11.3 Å². The third kappa shape index (κ3) is 4.69. The molecule has 0 fully saturated rings. The van der Waals surface area contributed by atoms with Gasteiger partial charge in [-0.05, 0) is 48.7 Å². The molecular weight excluding hydrogens is 316 g/mol. The fourth-order valence-electron chi connectivity index (χ4n) is 2.28. The Morgan fingerprint density at radius 2 is 2.13 bits per heavy atom. The van der Waals surface area contributed by atoms with Crippen molar-refractivity contribution in [2.45, 2.75) is 32.6 Å². The third-order valence-corrected chi connectivity index (χ3v) is 3.94. The van der Waals surface area contributed by atoms with E-state index in [1.54, 1.807) is 13.8 Å². The Bertz CT molecular complexity index is 601. The molecule has 0 aromatic carbocycles. The van der Waals surface area contributed by atoms with Gasteiger partial charge in [0.1, 0.15) is 17.4 Å². The van der Waals surface area contributed by atoms with Gasteiger partial charge in [0, 0.05) is 6.42 Å². The van der Waals surface area contributed by atoms with Gasteiger partial charge in [-0.25, -0.2) is 4.79 Å². The van der Waals surface area contributed by atoms with Crippen molar-refractivity contribution < 1.29 is 23.8 Å². The zero-order valence-electron chi connectivity index (χ0n) is 13.2. The molecule has 124 valence electrons. The number of carbonyl (C=O) groups excluding carboxylic acids is 2. The summed E-state index contributed by atoms with van der Waals surface area (Å²) in [7, 11) is 0. The standard InChI is InChI=1S/C17H20O5S/c1-3-20-15(18)10-13-6-5-7-14(22-13)16(17(19)21-4-2)12-8-9-23-11-12/h7-11,16H,3-6H2,1-2H3/b13-10-. The molecule has 0 saturated heterocycles. The number of esters is 2. The highest BCUT2D eigenvalue weighted by atomic mass is 32.1. The van der Waals surface area contributed by atoms with Crippen molar-refractivity contribution in [3.05, 3.63) is 46.1 Å². The number of hydrogen-bond acceptors (Lipinski definition) is 6. The second-order valence-electron chi connectivity index (χ2n) is 4.85. The zero-order chi connectivity index (χ0) is 16.7. The molecule has 5 nitrogen and oxygen atoms in total. The minimum Gasteiger partial charge on any atom is -0.465 e. The van der Waals surface area contributed by atoms with E-state index in [-0.39, 0.29) is 5.97 Å². The van der Waals surface area contributed by atoms with Gasteiger partial charge in [0.05, 0.1) is 19.3 Å². The maximum Gasteiger partial charge on any atom is 0.334 e. The second-order valence-corrected chi connectivity index (χ2v) is 5.63. The summed E-state index contributed by atoms with van der Waals surface area (Å²) in [5, 5.41) is 3.80. The van der Waals surface area contributed by atoms with Gasteiger partial charge in [0.2, 0.25) is 0 Å². The molecule has 1 atom stereocenters. The number of thiophene rings is 1. The highest BCUT2D eigenvalue weighted by Gasteiger charge is 2.30. The molecular formula is C17H20O5S. The molecule has 1 aliphatic heterocycles. The molecule has 0 saturated carbocycles. The van der Waals surface area contributed by atoms with Crippen molar-refractivity contribution in [2.24, 2.45) is 0 Å². The summed E-state index contributed by atoms with van der Waals surface area (Å²) in [5.74, 6) is -0.386. The lowest BCUT2D eigenvalue weighted by Gasteiger charge is -2.23. The van der Waals surface area contributed by atoms with Crippen LogP contribution in [0.1, 0.15) is 38.2 Å². The van der Waals surface area contributed by atoms with Crippen LogP contribution in [0.4, 0.5) is 0 Å². The van der Waals surface area contributed by atoms with Gasteiger partial charge in [-0.3, -0.25) is 4.79 Å². The fraction of sp³-hybridized carbons (Fsp3) is 0.412. The maximum atomic E-state index is 12.3. The summed E-state index contributed by atoms with van der Waals surface area (Å²) in [6.07, 6.45) is 4.51. The number of carbonyl (C=O) groups is 2. The number of hydrogen-bond donors (Lipinski definition) is 0. The van der Waals surface area contributed by atoms with Gasteiger partial charge >= 0.3 is 11.9 Å². The topological polar surface area (TPSA) is 61.8 Å². The van der Waals surface area contributed by atoms with E-state index in [1.165, 1.54) is 17.4 Å². The predicted octanol–water partition coefficient (Wildman–Crippen LogP) is 3.54. The van der Waals surface area contributed by atoms with E-state index in [0.29, 0.717) is 37.6 Å². The summed E-state index contributed by atoms with van der Waals surface area (Å²) in [6.45, 7) is 4.13. The molecule has 0 N–H and O–H groups in total. The molecule has 1 aromatic rings. The van der Waals surface area contributed by atoms with Crippen LogP contribution in [0.15, 0.2) is 40.5 Å². The van der Waals surface area contributed by atoms with E-state index in [0.717, 1.165) is 5.56 Å². The molecule has 6 heteroatoms. The molecule has 1 unspecified atom stereocenters. The van der Waals surface area contributed by atoms with Crippen LogP contribution >= 0.6 is 11.3 Å². The minimum absolute atomic E-state index is 0.304. The molecule has 23 heavy (non-hydrogen) atoms. The average molecular weight is 336 g/mol. The smallest absolute Gasteiger partial charge is 0.334 e. The first-order valence-corrected chi connectivity index (χ1v) is 8.54. The Hall–Kier alpha value is -2.08. The van der Waals surface area contributed by atoms with Crippen LogP contribution < -0.4 is 0 Å². The van der Waals surface area contributed by atoms with E-state index in [2.05, 4.69) is 0 Å². The van der Waals surface area contributed by atoms with E-state index in [9.17, 15) is 9.59 Å². The van der Waals surface area contributed by atoms with Crippen LogP contribution in [-0.2, 0) is 23.8 Å². The van der Waals surface area contributed by atoms with Crippen molar-refractivity contribution >= 4 is 23.3 Å². The van der Waals surface area contributed by atoms with Crippen LogP contribution in [0, 0.1) is 0 Å². The Balaban J connectivity index is 2.20. The summed E-state index contributed by atoms with van der Waals surface area (Å²) < 4.78 is 15.8. The first-order valence-electron chi connectivity index (χ1n) is 7.59. The second kappa shape index (κ2) is 8.53. The van der Waals surface area contributed by atoms with Gasteiger partial charge in [-0.15, -0.1) is 0 Å². The monoisotopic (exact) mass is 336 g/mol. The van der Waals surface area contributed by atoms with Crippen molar-refractivity contribution in [3.8, 4) is 0 Å². The molecule has 0 radical (unpaired) electrons. The van der Waals surface area contributed by atoms with Crippen LogP contribution in [-0.4, -0.2) is 25.2 Å². The lowest BCUT2D eigenvalue weighted by molar-refractivity contribution is -0.144. The summed E-state index contributed by atoms with van der Waals surface area (Å²) in [4.78, 5) is 23.9. The Morgan fingerprint density at radius 1 is 1.35 bits per heavy atom. The molecule has 0 spiro atoms. The molecule has 2 heterocycles. The van der Waals surface area contributed by atoms with E-state index in [1.807, 2.05) is 22.9 Å². The SMILES string of the molecule is CCOC(=O)/C=C1/CCC=C(C(C(=O)OCC)c2ccsc2)O1. The molecule has 1 aliphatic rings. The van der Waals surface area contributed by atoms with Crippen molar-refractivity contribution in [2.75, 3.05) is 13.2 Å². The van der Waals surface area contributed by atoms with Gasteiger partial charge in [0.15, 0.2) is 0 Å². The van der Waals surface area contributed by atoms with Gasteiger partial charge < -0.3 is 14.2 Å². The largest absolute Gasteiger partial charge is 0.465 e. The maximum absolute atomic E-state index is 12.3. The lowest BCUT2D eigenvalue weighted by atomic mass is 9.97. The zero-order valence-corrected chi connectivity index (χ0v) is 14.1. The molecule has 1 aromatic heterocycles. The Labute approximate surface area is 139 Å². The van der Waals surface area contributed by atoms with Crippen LogP contribution in [0.3, 0.4) is 0 Å². The molecule has 2 rings (SSSR count). The highest BCUT2D eigenvalue weighted by molar-refractivity contribution is 7.08. The quantitative estimate of drug-likeness (QED) is 0.587. The summed E-state index contributed by atoms with van der Waals surface area (Å²) in [5.41, 5.74) is 0.831. The molecule has 0 aliphatic carbocycles. The predicted molar refractivity (Wildman–Crippen MR) is 86.8 cm³/mol. The van der Waals surface area contributed by atoms with Gasteiger partial charge in [0.25, 0.3) is 0 Å². The summed E-state index contributed by atoms with van der Waals surface area (Å²) >= 11 is 1.51. The first kappa shape index (κ1) is 17.3. The van der Waals surface area contributed by atoms with Crippen molar-refractivity contribution in [1.82, 2.24) is 0 Å². The number of rotatable bonds is 6. The average Bonchev–Trinajstić information content (AvgIpc) is 3.02. The van der Waals surface area contributed by atoms with Crippen LogP contribution in [0.25, 0.3) is 0 Å². The first-order chi connectivity index (χ1) is 11.2. The van der Waals surface area contributed by atoms with Crippen LogP contribution in [0.2, 0.25) is 0 Å². The normalized spacial score (nSPS) is 17.1. The van der Waals surface area contributed by atoms with Crippen molar-refractivity contribution in [3.63, 3.8) is 0 Å². The van der Waals surface area contributed by atoms with E-state index in [4.69, 9.17) is 14.2 Å². The molecule has 0 amide bonds. The lowest BCUT2D eigenvalue weighted by Crippen LogP contribution is -2.20. The minimum atomic E-state index is -0.605. The molecule has 0 bridgehead atoms. The van der Waals surface area contributed by atoms with Gasteiger partial charge in [-0.1, -0.05) is 0 Å². The van der Waals surface area contributed by atoms with Crippen LogP contribution in [0.5, 0.6) is 0 Å². The third-order valence-electron chi connectivity index (χ3n) is 3.23. The number of allylic oxidation sites excluding steroid dienone is 2.